The van der Waals surface area contributed by atoms with E-state index in [-0.39, 0.29) is 11.7 Å². The Morgan fingerprint density at radius 1 is 1.62 bits per heavy atom. The van der Waals surface area contributed by atoms with Crippen molar-refractivity contribution in [3.63, 3.8) is 0 Å². The third kappa shape index (κ3) is 1.69. The lowest BCUT2D eigenvalue weighted by Crippen LogP contribution is -2.49. The second-order valence-corrected chi connectivity index (χ2v) is 4.03. The van der Waals surface area contributed by atoms with E-state index >= 15 is 0 Å². The summed E-state index contributed by atoms with van der Waals surface area (Å²) in [5, 5.41) is 8.90. The summed E-state index contributed by atoms with van der Waals surface area (Å²) < 4.78 is 0. The topological polar surface area (TPSA) is 47.9 Å². The van der Waals surface area contributed by atoms with Gasteiger partial charge in [-0.3, -0.25) is 15.6 Å². The lowest BCUT2D eigenvalue weighted by atomic mass is 10.0. The Bertz CT molecular complexity index is 213. The maximum absolute atomic E-state index is 8.90. The van der Waals surface area contributed by atoms with E-state index in [0.717, 1.165) is 12.8 Å². The summed E-state index contributed by atoms with van der Waals surface area (Å²) >= 11 is 0. The number of nitrogens with zero attached hydrogens (tertiary/aromatic N) is 2. The van der Waals surface area contributed by atoms with E-state index in [0.29, 0.717) is 5.84 Å². The first-order valence-electron chi connectivity index (χ1n) is 4.75. The third-order valence-electron chi connectivity index (χ3n) is 2.84. The van der Waals surface area contributed by atoms with Crippen LogP contribution in [0.2, 0.25) is 0 Å². The van der Waals surface area contributed by atoms with Gasteiger partial charge in [0.25, 0.3) is 0 Å². The van der Waals surface area contributed by atoms with Crippen LogP contribution in [0.1, 0.15) is 33.6 Å². The summed E-state index contributed by atoms with van der Waals surface area (Å²) in [5.41, 5.74) is 2.00. The molecule has 0 saturated heterocycles. The van der Waals surface area contributed by atoms with Gasteiger partial charge in [0.15, 0.2) is 0 Å². The van der Waals surface area contributed by atoms with Gasteiger partial charge in [0, 0.05) is 0 Å². The van der Waals surface area contributed by atoms with Gasteiger partial charge in [0.05, 0.1) is 5.54 Å². The molecule has 0 aromatic rings. The molecule has 2 N–H and O–H groups in total. The van der Waals surface area contributed by atoms with Crippen molar-refractivity contribution in [3.8, 4) is 0 Å². The minimum Gasteiger partial charge on any atom is -0.290 e. The highest BCUT2D eigenvalue weighted by molar-refractivity contribution is 5.91. The highest BCUT2D eigenvalue weighted by Crippen LogP contribution is 2.26. The molecule has 0 fully saturated rings. The third-order valence-corrected chi connectivity index (χ3v) is 2.84. The standard InChI is InChI=1S/C9H19N3O/c1-5-6-7-10-8(11-13)9(2,3)12(7)4/h7,13H,5-6H2,1-4H3,(H,10,11). The zero-order valence-electron chi connectivity index (χ0n) is 8.83. The predicted molar refractivity (Wildman–Crippen MR) is 52.9 cm³/mol. The number of amidine groups is 1. The Morgan fingerprint density at radius 3 is 2.62 bits per heavy atom. The number of nitrogens with one attached hydrogen (secondary N) is 1. The van der Waals surface area contributed by atoms with Gasteiger partial charge in [-0.25, -0.2) is 4.99 Å². The van der Waals surface area contributed by atoms with E-state index in [9.17, 15) is 0 Å². The molecular formula is C9H19N3O. The Balaban J connectivity index is 2.79. The number of likely N-dealkylation sites (N-methyl/N-ethyl adjacent to an activating group) is 1. The smallest absolute Gasteiger partial charge is 0.142 e. The lowest BCUT2D eigenvalue weighted by Gasteiger charge is -2.31. The summed E-state index contributed by atoms with van der Waals surface area (Å²) in [6.07, 6.45) is 2.34. The van der Waals surface area contributed by atoms with E-state index in [4.69, 9.17) is 5.21 Å². The Kier molecular flexibility index (Phi) is 2.93. The van der Waals surface area contributed by atoms with Gasteiger partial charge >= 0.3 is 0 Å². The van der Waals surface area contributed by atoms with Gasteiger partial charge in [-0.05, 0) is 27.3 Å². The quantitative estimate of drug-likeness (QED) is 0.636. The second kappa shape index (κ2) is 3.64. The van der Waals surface area contributed by atoms with Gasteiger partial charge < -0.3 is 0 Å². The van der Waals surface area contributed by atoms with E-state index in [1.54, 1.807) is 0 Å². The van der Waals surface area contributed by atoms with Crippen molar-refractivity contribution in [2.45, 2.75) is 45.3 Å². The van der Waals surface area contributed by atoms with Crippen molar-refractivity contribution in [2.75, 3.05) is 7.05 Å². The molecule has 1 rings (SSSR count). The first-order chi connectivity index (χ1) is 6.04. The summed E-state index contributed by atoms with van der Waals surface area (Å²) in [6, 6.07) is 0. The maximum Gasteiger partial charge on any atom is 0.142 e. The van der Waals surface area contributed by atoms with Crippen LogP contribution >= 0.6 is 0 Å². The van der Waals surface area contributed by atoms with Crippen LogP contribution in [-0.2, 0) is 0 Å². The molecule has 76 valence electrons. The molecule has 1 heterocycles. The van der Waals surface area contributed by atoms with E-state index < -0.39 is 0 Å². The molecule has 1 atom stereocenters. The lowest BCUT2D eigenvalue weighted by molar-refractivity contribution is 0.163. The molecule has 13 heavy (non-hydrogen) atoms. The first kappa shape index (κ1) is 10.5. The normalized spacial score (nSPS) is 27.5. The zero-order valence-corrected chi connectivity index (χ0v) is 8.83. The SMILES string of the molecule is CCCC1N=C(NO)C(C)(C)N1C. The fraction of sp³-hybridized carbons (Fsp3) is 0.889. The fourth-order valence-corrected chi connectivity index (χ4v) is 1.62. The molecule has 1 unspecified atom stereocenters. The molecule has 0 amide bonds. The average Bonchev–Trinajstić information content (AvgIpc) is 2.29. The summed E-state index contributed by atoms with van der Waals surface area (Å²) in [6.45, 7) is 6.23. The highest BCUT2D eigenvalue weighted by atomic mass is 16.5. The van der Waals surface area contributed by atoms with Crippen LogP contribution < -0.4 is 5.48 Å². The van der Waals surface area contributed by atoms with Crippen molar-refractivity contribution in [1.29, 1.82) is 0 Å². The van der Waals surface area contributed by atoms with Crippen LogP contribution in [-0.4, -0.2) is 34.7 Å². The van der Waals surface area contributed by atoms with E-state index in [2.05, 4.69) is 22.3 Å². The van der Waals surface area contributed by atoms with Crippen molar-refractivity contribution < 1.29 is 5.21 Å². The number of hydrogen-bond acceptors (Lipinski definition) is 4. The summed E-state index contributed by atoms with van der Waals surface area (Å²) in [5.74, 6) is 0.661. The van der Waals surface area contributed by atoms with Crippen LogP contribution in [0.15, 0.2) is 4.99 Å². The second-order valence-electron chi connectivity index (χ2n) is 4.03. The molecule has 4 heteroatoms. The van der Waals surface area contributed by atoms with E-state index in [1.807, 2.05) is 20.9 Å². The molecular weight excluding hydrogens is 166 g/mol. The molecule has 0 bridgehead atoms. The summed E-state index contributed by atoms with van der Waals surface area (Å²) in [4.78, 5) is 6.59. The average molecular weight is 185 g/mol. The Labute approximate surface area is 79.6 Å². The minimum absolute atomic E-state index is 0.186. The number of hydrogen-bond donors (Lipinski definition) is 2. The fourth-order valence-electron chi connectivity index (χ4n) is 1.62. The predicted octanol–water partition coefficient (Wildman–Crippen LogP) is 1.21. The van der Waals surface area contributed by atoms with Crippen LogP contribution in [0.3, 0.4) is 0 Å². The van der Waals surface area contributed by atoms with Gasteiger partial charge in [0.1, 0.15) is 12.0 Å². The van der Waals surface area contributed by atoms with Gasteiger partial charge in [-0.1, -0.05) is 13.3 Å². The van der Waals surface area contributed by atoms with Gasteiger partial charge in [-0.15, -0.1) is 0 Å². The van der Waals surface area contributed by atoms with Crippen molar-refractivity contribution in [1.82, 2.24) is 10.4 Å². The molecule has 0 saturated carbocycles. The maximum atomic E-state index is 8.90. The van der Waals surface area contributed by atoms with Crippen molar-refractivity contribution in [3.05, 3.63) is 0 Å². The zero-order chi connectivity index (χ0) is 10.1. The largest absolute Gasteiger partial charge is 0.290 e. The first-order valence-corrected chi connectivity index (χ1v) is 4.75. The minimum atomic E-state index is -0.186. The van der Waals surface area contributed by atoms with Crippen LogP contribution in [0.4, 0.5) is 0 Å². The van der Waals surface area contributed by atoms with E-state index in [1.165, 1.54) is 0 Å². The van der Waals surface area contributed by atoms with Crippen molar-refractivity contribution >= 4 is 5.84 Å². The van der Waals surface area contributed by atoms with Crippen LogP contribution in [0.25, 0.3) is 0 Å². The Hall–Kier alpha value is -0.610. The number of rotatable bonds is 2. The molecule has 1 aliphatic rings. The molecule has 0 radical (unpaired) electrons. The molecule has 0 aromatic heterocycles. The van der Waals surface area contributed by atoms with Crippen LogP contribution in [0, 0.1) is 0 Å². The molecule has 0 spiro atoms. The monoisotopic (exact) mass is 185 g/mol. The number of aliphatic imine (C=N–C) groups is 1. The van der Waals surface area contributed by atoms with Crippen LogP contribution in [0.5, 0.6) is 0 Å². The summed E-state index contributed by atoms with van der Waals surface area (Å²) in [7, 11) is 2.04. The molecule has 1 aliphatic heterocycles. The molecule has 4 nitrogen and oxygen atoms in total. The van der Waals surface area contributed by atoms with Gasteiger partial charge in [0.2, 0.25) is 0 Å². The molecule has 0 aromatic carbocycles. The van der Waals surface area contributed by atoms with Crippen molar-refractivity contribution in [2.24, 2.45) is 4.99 Å². The Morgan fingerprint density at radius 2 is 2.23 bits per heavy atom. The molecule has 0 aliphatic carbocycles. The van der Waals surface area contributed by atoms with Gasteiger partial charge in [-0.2, -0.15) is 0 Å². The highest BCUT2D eigenvalue weighted by Gasteiger charge is 2.39. The number of hydroxylamine groups is 1.